The summed E-state index contributed by atoms with van der Waals surface area (Å²) < 4.78 is 4.98. The molecule has 0 aliphatic rings. The fraction of sp³-hybridized carbons (Fsp3) is 0.400. The van der Waals surface area contributed by atoms with E-state index in [9.17, 15) is 4.79 Å². The van der Waals surface area contributed by atoms with E-state index in [2.05, 4.69) is 27.7 Å². The maximum absolute atomic E-state index is 12.3. The Balaban J connectivity index is 2.08. The molecule has 6 nitrogen and oxygen atoms in total. The third-order valence-corrected chi connectivity index (χ3v) is 2.95. The van der Waals surface area contributed by atoms with E-state index in [1.165, 1.54) is 0 Å². The summed E-state index contributed by atoms with van der Waals surface area (Å²) in [7, 11) is 0. The van der Waals surface area contributed by atoms with Crippen LogP contribution in [0.1, 0.15) is 41.0 Å². The number of nitrogens with zero attached hydrogens (tertiary/aromatic N) is 2. The molecule has 1 aromatic heterocycles. The zero-order chi connectivity index (χ0) is 15.2. The van der Waals surface area contributed by atoms with Gasteiger partial charge in [-0.05, 0) is 32.4 Å². The summed E-state index contributed by atoms with van der Waals surface area (Å²) in [5.74, 6) is 0.796. The first-order valence-corrected chi connectivity index (χ1v) is 7.02. The number of amides is 1. The second kappa shape index (κ2) is 6.88. The van der Waals surface area contributed by atoms with Crippen LogP contribution in [0.4, 0.5) is 5.69 Å². The monoisotopic (exact) mass is 288 g/mol. The molecule has 0 aliphatic heterocycles. The lowest BCUT2D eigenvalue weighted by atomic mass is 10.1. The molecule has 1 aromatic carbocycles. The zero-order valence-corrected chi connectivity index (χ0v) is 12.6. The van der Waals surface area contributed by atoms with Crippen molar-refractivity contribution in [3.8, 4) is 0 Å². The van der Waals surface area contributed by atoms with Crippen molar-refractivity contribution >= 4 is 11.6 Å². The Morgan fingerprint density at radius 3 is 2.81 bits per heavy atom. The molecule has 21 heavy (non-hydrogen) atoms. The predicted octanol–water partition coefficient (Wildman–Crippen LogP) is 2.44. The number of carbonyl (C=O) groups excluding carboxylic acids is 1. The summed E-state index contributed by atoms with van der Waals surface area (Å²) >= 11 is 0. The smallest absolute Gasteiger partial charge is 0.253 e. The minimum absolute atomic E-state index is 0.159. The molecule has 0 saturated carbocycles. The molecule has 1 amide bonds. The molecule has 2 rings (SSSR count). The van der Waals surface area contributed by atoms with E-state index in [0.29, 0.717) is 17.3 Å². The minimum Gasteiger partial charge on any atom is -0.384 e. The molecular formula is C15H20N4O2. The standard InChI is InChI=1S/C15H20N4O2/c1-4-7-16-13-6-5-10(2)8-12(13)15(20)17-9-14-18-11(3)19-21-14/h5-6,8,16H,4,7,9H2,1-3H3,(H,17,20). The minimum atomic E-state index is -0.159. The van der Waals surface area contributed by atoms with Gasteiger partial charge in [0.15, 0.2) is 5.82 Å². The number of anilines is 1. The fourth-order valence-corrected chi connectivity index (χ4v) is 1.92. The van der Waals surface area contributed by atoms with Crippen molar-refractivity contribution in [1.29, 1.82) is 0 Å². The van der Waals surface area contributed by atoms with Crippen LogP contribution >= 0.6 is 0 Å². The molecule has 1 heterocycles. The highest BCUT2D eigenvalue weighted by atomic mass is 16.5. The Hall–Kier alpha value is -2.37. The van der Waals surface area contributed by atoms with Crippen LogP contribution in [0, 0.1) is 13.8 Å². The molecule has 0 atom stereocenters. The van der Waals surface area contributed by atoms with Gasteiger partial charge in [0.2, 0.25) is 5.89 Å². The second-order valence-electron chi connectivity index (χ2n) is 4.89. The lowest BCUT2D eigenvalue weighted by Crippen LogP contribution is -2.24. The van der Waals surface area contributed by atoms with Crippen LogP contribution in [0.2, 0.25) is 0 Å². The van der Waals surface area contributed by atoms with Gasteiger partial charge < -0.3 is 15.2 Å². The summed E-state index contributed by atoms with van der Waals surface area (Å²) in [4.78, 5) is 16.4. The van der Waals surface area contributed by atoms with Crippen molar-refractivity contribution < 1.29 is 9.32 Å². The molecule has 0 fully saturated rings. The number of aromatic nitrogens is 2. The zero-order valence-electron chi connectivity index (χ0n) is 12.6. The highest BCUT2D eigenvalue weighted by Gasteiger charge is 2.12. The Morgan fingerprint density at radius 1 is 1.33 bits per heavy atom. The van der Waals surface area contributed by atoms with Crippen LogP contribution in [-0.2, 0) is 6.54 Å². The van der Waals surface area contributed by atoms with Crippen LogP contribution in [0.3, 0.4) is 0 Å². The van der Waals surface area contributed by atoms with E-state index >= 15 is 0 Å². The van der Waals surface area contributed by atoms with Crippen molar-refractivity contribution in [2.75, 3.05) is 11.9 Å². The predicted molar refractivity (Wildman–Crippen MR) is 80.2 cm³/mol. The van der Waals surface area contributed by atoms with Gasteiger partial charge in [-0.2, -0.15) is 4.98 Å². The van der Waals surface area contributed by atoms with Crippen LogP contribution in [-0.4, -0.2) is 22.6 Å². The summed E-state index contributed by atoms with van der Waals surface area (Å²) in [6.07, 6.45) is 0.996. The summed E-state index contributed by atoms with van der Waals surface area (Å²) in [6, 6.07) is 5.78. The molecule has 112 valence electrons. The highest BCUT2D eigenvalue weighted by molar-refractivity contribution is 5.99. The van der Waals surface area contributed by atoms with Gasteiger partial charge in [0.05, 0.1) is 12.1 Å². The lowest BCUT2D eigenvalue weighted by molar-refractivity contribution is 0.0947. The summed E-state index contributed by atoms with van der Waals surface area (Å²) in [5.41, 5.74) is 2.50. The topological polar surface area (TPSA) is 80.0 Å². The third-order valence-electron chi connectivity index (χ3n) is 2.95. The number of benzene rings is 1. The number of nitrogens with one attached hydrogen (secondary N) is 2. The average molecular weight is 288 g/mol. The maximum Gasteiger partial charge on any atom is 0.253 e. The van der Waals surface area contributed by atoms with Crippen LogP contribution < -0.4 is 10.6 Å². The Bertz CT molecular complexity index is 622. The molecule has 0 saturated heterocycles. The molecule has 0 radical (unpaired) electrons. The largest absolute Gasteiger partial charge is 0.384 e. The third kappa shape index (κ3) is 4.05. The first-order valence-electron chi connectivity index (χ1n) is 7.02. The number of hydrogen-bond acceptors (Lipinski definition) is 5. The molecule has 0 aliphatic carbocycles. The van der Waals surface area contributed by atoms with E-state index in [0.717, 1.165) is 24.2 Å². The van der Waals surface area contributed by atoms with Gasteiger partial charge in [-0.25, -0.2) is 0 Å². The average Bonchev–Trinajstić information content (AvgIpc) is 2.89. The number of aryl methyl sites for hydroxylation is 2. The van der Waals surface area contributed by atoms with Crippen LogP contribution in [0.5, 0.6) is 0 Å². The van der Waals surface area contributed by atoms with E-state index < -0.39 is 0 Å². The van der Waals surface area contributed by atoms with Crippen molar-refractivity contribution in [1.82, 2.24) is 15.5 Å². The molecule has 2 aromatic rings. The van der Waals surface area contributed by atoms with Crippen LogP contribution in [0.15, 0.2) is 22.7 Å². The van der Waals surface area contributed by atoms with Crippen molar-refractivity contribution in [2.24, 2.45) is 0 Å². The normalized spacial score (nSPS) is 10.4. The van der Waals surface area contributed by atoms with E-state index in [1.54, 1.807) is 6.92 Å². The van der Waals surface area contributed by atoms with Gasteiger partial charge in [-0.3, -0.25) is 4.79 Å². The SMILES string of the molecule is CCCNc1ccc(C)cc1C(=O)NCc1nc(C)no1. The number of hydrogen-bond donors (Lipinski definition) is 2. The summed E-state index contributed by atoms with van der Waals surface area (Å²) in [5, 5.41) is 9.75. The lowest BCUT2D eigenvalue weighted by Gasteiger charge is -2.12. The molecular weight excluding hydrogens is 268 g/mol. The molecule has 0 unspecified atom stereocenters. The van der Waals surface area contributed by atoms with Crippen molar-refractivity contribution in [3.05, 3.63) is 41.0 Å². The van der Waals surface area contributed by atoms with Crippen molar-refractivity contribution in [3.63, 3.8) is 0 Å². The Morgan fingerprint density at radius 2 is 2.14 bits per heavy atom. The quantitative estimate of drug-likeness (QED) is 0.853. The van der Waals surface area contributed by atoms with E-state index in [-0.39, 0.29) is 12.5 Å². The molecule has 6 heteroatoms. The molecule has 0 bridgehead atoms. The first kappa shape index (κ1) is 15.0. The van der Waals surface area contributed by atoms with E-state index in [4.69, 9.17) is 4.52 Å². The van der Waals surface area contributed by atoms with Gasteiger partial charge in [-0.1, -0.05) is 23.7 Å². The number of rotatable bonds is 6. The first-order chi connectivity index (χ1) is 10.1. The Labute approximate surface area is 123 Å². The highest BCUT2D eigenvalue weighted by Crippen LogP contribution is 2.17. The maximum atomic E-state index is 12.3. The van der Waals surface area contributed by atoms with Gasteiger partial charge in [0.1, 0.15) is 0 Å². The summed E-state index contributed by atoms with van der Waals surface area (Å²) in [6.45, 7) is 6.83. The second-order valence-corrected chi connectivity index (χ2v) is 4.89. The van der Waals surface area contributed by atoms with Gasteiger partial charge in [0, 0.05) is 12.2 Å². The molecule has 0 spiro atoms. The van der Waals surface area contributed by atoms with Gasteiger partial charge in [0.25, 0.3) is 5.91 Å². The van der Waals surface area contributed by atoms with E-state index in [1.807, 2.05) is 25.1 Å². The van der Waals surface area contributed by atoms with Crippen molar-refractivity contribution in [2.45, 2.75) is 33.7 Å². The van der Waals surface area contributed by atoms with Gasteiger partial charge >= 0.3 is 0 Å². The number of carbonyl (C=O) groups is 1. The Kier molecular flexibility index (Phi) is 4.92. The van der Waals surface area contributed by atoms with Gasteiger partial charge in [-0.15, -0.1) is 0 Å². The fourth-order valence-electron chi connectivity index (χ4n) is 1.92. The molecule has 2 N–H and O–H groups in total. The van der Waals surface area contributed by atoms with Crippen LogP contribution in [0.25, 0.3) is 0 Å².